The van der Waals surface area contributed by atoms with E-state index in [1.54, 1.807) is 0 Å². The summed E-state index contributed by atoms with van der Waals surface area (Å²) >= 11 is 0. The molecular formula is C21H27N3O3. The Bertz CT molecular complexity index is 812. The highest BCUT2D eigenvalue weighted by atomic mass is 16.4. The van der Waals surface area contributed by atoms with Crippen LogP contribution in [0.25, 0.3) is 10.8 Å². The second kappa shape index (κ2) is 8.39. The van der Waals surface area contributed by atoms with Gasteiger partial charge in [-0.3, -0.25) is 9.69 Å². The van der Waals surface area contributed by atoms with Gasteiger partial charge in [0.05, 0.1) is 12.6 Å². The van der Waals surface area contributed by atoms with Gasteiger partial charge >= 0.3 is 12.0 Å². The average molecular weight is 369 g/mol. The monoisotopic (exact) mass is 369 g/mol. The van der Waals surface area contributed by atoms with E-state index in [0.29, 0.717) is 6.54 Å². The summed E-state index contributed by atoms with van der Waals surface area (Å²) in [4.78, 5) is 25.2. The topological polar surface area (TPSA) is 81.7 Å². The molecule has 27 heavy (non-hydrogen) atoms. The first-order valence-electron chi connectivity index (χ1n) is 9.48. The summed E-state index contributed by atoms with van der Waals surface area (Å²) in [5.74, 6) is -0.810. The van der Waals surface area contributed by atoms with Crippen LogP contribution in [0.3, 0.4) is 0 Å². The fraction of sp³-hybridized carbons (Fsp3) is 0.429. The normalized spacial score (nSPS) is 20.1. The maximum absolute atomic E-state index is 12.4. The fourth-order valence-corrected chi connectivity index (χ4v) is 3.81. The molecule has 0 saturated heterocycles. The number of carboxylic acids is 1. The molecule has 1 unspecified atom stereocenters. The van der Waals surface area contributed by atoms with E-state index >= 15 is 0 Å². The third-order valence-corrected chi connectivity index (χ3v) is 5.35. The van der Waals surface area contributed by atoms with E-state index in [2.05, 4.69) is 28.8 Å². The van der Waals surface area contributed by atoms with Crippen molar-refractivity contribution in [1.29, 1.82) is 0 Å². The van der Waals surface area contributed by atoms with E-state index in [-0.39, 0.29) is 30.7 Å². The molecule has 1 saturated carbocycles. The number of carbonyl (C=O) groups excluding carboxylic acids is 1. The molecule has 144 valence electrons. The molecule has 3 N–H and O–H groups in total. The first kappa shape index (κ1) is 19.2. The molecule has 0 heterocycles. The number of nitrogens with one attached hydrogen (secondary N) is 2. The van der Waals surface area contributed by atoms with Gasteiger partial charge in [-0.05, 0) is 42.6 Å². The molecule has 2 aromatic rings. The third kappa shape index (κ3) is 4.57. The second-order valence-electron chi connectivity index (χ2n) is 7.19. The van der Waals surface area contributed by atoms with Crippen molar-refractivity contribution < 1.29 is 14.7 Å². The van der Waals surface area contributed by atoms with E-state index in [0.717, 1.165) is 29.2 Å². The van der Waals surface area contributed by atoms with Crippen LogP contribution in [0.1, 0.15) is 38.3 Å². The van der Waals surface area contributed by atoms with Crippen LogP contribution in [-0.2, 0) is 4.79 Å². The van der Waals surface area contributed by atoms with Crippen LogP contribution in [0.5, 0.6) is 0 Å². The summed E-state index contributed by atoms with van der Waals surface area (Å²) in [7, 11) is 0. The summed E-state index contributed by atoms with van der Waals surface area (Å²) in [5, 5.41) is 17.3. The van der Waals surface area contributed by atoms with Crippen molar-refractivity contribution in [2.45, 2.75) is 44.8 Å². The number of carbonyl (C=O) groups is 2. The molecule has 2 aromatic carbocycles. The number of fused-ring (bicyclic) bond motifs is 1. The molecule has 0 aromatic heterocycles. The lowest BCUT2D eigenvalue weighted by Gasteiger charge is -2.42. The Morgan fingerprint density at radius 3 is 2.59 bits per heavy atom. The summed E-state index contributed by atoms with van der Waals surface area (Å²) < 4.78 is 0. The van der Waals surface area contributed by atoms with Crippen LogP contribution in [0, 0.1) is 0 Å². The van der Waals surface area contributed by atoms with Crippen molar-refractivity contribution in [2.24, 2.45) is 0 Å². The van der Waals surface area contributed by atoms with Crippen molar-refractivity contribution in [1.82, 2.24) is 15.5 Å². The van der Waals surface area contributed by atoms with Gasteiger partial charge in [0.25, 0.3) is 0 Å². The summed E-state index contributed by atoms with van der Waals surface area (Å²) in [6.07, 6.45) is 1.58. The number of aliphatic carboxylic acids is 1. The largest absolute Gasteiger partial charge is 0.480 e. The standard InChI is InChI=1S/C21H27N3O3/c1-3-24(13-20(25)26)17-11-16(12-17)23-21(27)22-14(2)18-10-6-8-15-7-4-5-9-19(15)18/h4-10,14,16-17H,3,11-13H2,1-2H3,(H,25,26)(H2,22,23,27). The molecule has 3 rings (SSSR count). The molecule has 0 aliphatic heterocycles. The second-order valence-corrected chi connectivity index (χ2v) is 7.19. The minimum Gasteiger partial charge on any atom is -0.480 e. The first-order valence-corrected chi connectivity index (χ1v) is 9.48. The van der Waals surface area contributed by atoms with Gasteiger partial charge < -0.3 is 15.7 Å². The number of urea groups is 1. The molecule has 1 fully saturated rings. The number of likely N-dealkylation sites (N-methyl/N-ethyl adjacent to an activating group) is 1. The lowest BCUT2D eigenvalue weighted by atomic mass is 9.85. The van der Waals surface area contributed by atoms with Crippen molar-refractivity contribution >= 4 is 22.8 Å². The van der Waals surface area contributed by atoms with Crippen LogP contribution >= 0.6 is 0 Å². The zero-order valence-corrected chi connectivity index (χ0v) is 15.8. The number of carboxylic acid groups (broad SMARTS) is 1. The summed E-state index contributed by atoms with van der Waals surface area (Å²) in [6.45, 7) is 4.70. The van der Waals surface area contributed by atoms with E-state index in [1.165, 1.54) is 0 Å². The Kier molecular flexibility index (Phi) is 5.96. The van der Waals surface area contributed by atoms with Crippen LogP contribution in [0.2, 0.25) is 0 Å². The first-order chi connectivity index (χ1) is 13.0. The summed E-state index contributed by atoms with van der Waals surface area (Å²) in [6, 6.07) is 14.3. The Balaban J connectivity index is 1.52. The number of hydrogen-bond donors (Lipinski definition) is 3. The van der Waals surface area contributed by atoms with Gasteiger partial charge in [0.2, 0.25) is 0 Å². The van der Waals surface area contributed by atoms with Crippen molar-refractivity contribution in [2.75, 3.05) is 13.1 Å². The predicted molar refractivity (Wildman–Crippen MR) is 106 cm³/mol. The van der Waals surface area contributed by atoms with Crippen molar-refractivity contribution in [3.05, 3.63) is 48.0 Å². The maximum Gasteiger partial charge on any atom is 0.317 e. The SMILES string of the molecule is CCN(CC(=O)O)C1CC(NC(=O)NC(C)c2cccc3ccccc23)C1. The lowest BCUT2D eigenvalue weighted by molar-refractivity contribution is -0.139. The number of hydrogen-bond acceptors (Lipinski definition) is 3. The van der Waals surface area contributed by atoms with Gasteiger partial charge in [0.1, 0.15) is 0 Å². The van der Waals surface area contributed by atoms with Gasteiger partial charge in [-0.2, -0.15) is 0 Å². The quantitative estimate of drug-likeness (QED) is 0.700. The van der Waals surface area contributed by atoms with Crippen LogP contribution < -0.4 is 10.6 Å². The highest BCUT2D eigenvalue weighted by molar-refractivity contribution is 5.86. The summed E-state index contributed by atoms with van der Waals surface area (Å²) in [5.41, 5.74) is 1.09. The fourth-order valence-electron chi connectivity index (χ4n) is 3.81. The van der Waals surface area contributed by atoms with Gasteiger partial charge in [-0.25, -0.2) is 4.79 Å². The van der Waals surface area contributed by atoms with E-state index in [1.807, 2.05) is 43.0 Å². The molecular weight excluding hydrogens is 342 g/mol. The number of rotatable bonds is 7. The molecule has 1 aliphatic carbocycles. The zero-order chi connectivity index (χ0) is 19.4. The molecule has 1 atom stereocenters. The minimum absolute atomic E-state index is 0.0538. The third-order valence-electron chi connectivity index (χ3n) is 5.35. The number of nitrogens with zero attached hydrogens (tertiary/aromatic N) is 1. The molecule has 0 radical (unpaired) electrons. The average Bonchev–Trinajstić information content (AvgIpc) is 2.62. The minimum atomic E-state index is -0.810. The van der Waals surface area contributed by atoms with E-state index < -0.39 is 5.97 Å². The van der Waals surface area contributed by atoms with Gasteiger partial charge in [0, 0.05) is 12.1 Å². The lowest BCUT2D eigenvalue weighted by Crippen LogP contribution is -2.56. The molecule has 1 aliphatic rings. The molecule has 2 amide bonds. The smallest absolute Gasteiger partial charge is 0.317 e. The molecule has 6 nitrogen and oxygen atoms in total. The van der Waals surface area contributed by atoms with Crippen LogP contribution in [-0.4, -0.2) is 47.2 Å². The molecule has 0 spiro atoms. The van der Waals surface area contributed by atoms with Gasteiger partial charge in [0.15, 0.2) is 0 Å². The van der Waals surface area contributed by atoms with Crippen LogP contribution in [0.4, 0.5) is 4.79 Å². The van der Waals surface area contributed by atoms with Crippen LogP contribution in [0.15, 0.2) is 42.5 Å². The highest BCUT2D eigenvalue weighted by Gasteiger charge is 2.34. The Hall–Kier alpha value is -2.60. The molecule has 6 heteroatoms. The van der Waals surface area contributed by atoms with E-state index in [9.17, 15) is 9.59 Å². The Morgan fingerprint density at radius 2 is 1.89 bits per heavy atom. The Morgan fingerprint density at radius 1 is 1.19 bits per heavy atom. The number of amides is 2. The highest BCUT2D eigenvalue weighted by Crippen LogP contribution is 2.26. The Labute approximate surface area is 159 Å². The van der Waals surface area contributed by atoms with Crippen molar-refractivity contribution in [3.8, 4) is 0 Å². The van der Waals surface area contributed by atoms with E-state index in [4.69, 9.17) is 5.11 Å². The van der Waals surface area contributed by atoms with Gasteiger partial charge in [-0.1, -0.05) is 49.4 Å². The van der Waals surface area contributed by atoms with Crippen molar-refractivity contribution in [3.63, 3.8) is 0 Å². The predicted octanol–water partition coefficient (Wildman–Crippen LogP) is 3.14. The molecule has 0 bridgehead atoms. The zero-order valence-electron chi connectivity index (χ0n) is 15.8. The van der Waals surface area contributed by atoms with Gasteiger partial charge in [-0.15, -0.1) is 0 Å². The number of benzene rings is 2. The maximum atomic E-state index is 12.4.